The number of aromatic nitrogens is 1. The van der Waals surface area contributed by atoms with Gasteiger partial charge >= 0.3 is 12.4 Å². The quantitative estimate of drug-likeness (QED) is 0.737. The Morgan fingerprint density at radius 3 is 2.04 bits per heavy atom. The maximum Gasteiger partial charge on any atom is 0.433 e. The smallest absolute Gasteiger partial charge is 0.335 e. The van der Waals surface area contributed by atoms with Gasteiger partial charge < -0.3 is 9.80 Å². The Hall–Kier alpha value is -1.84. The van der Waals surface area contributed by atoms with Gasteiger partial charge in [-0.05, 0) is 19.2 Å². The van der Waals surface area contributed by atoms with E-state index in [0.717, 1.165) is 0 Å². The average Bonchev–Trinajstić information content (AvgIpc) is 2.45. The maximum absolute atomic E-state index is 12.8. The highest BCUT2D eigenvalue weighted by molar-refractivity contribution is 5.92. The van der Waals surface area contributed by atoms with Crippen LogP contribution in [0.5, 0.6) is 0 Å². The van der Waals surface area contributed by atoms with Gasteiger partial charge in [-0.3, -0.25) is 4.79 Å². The molecule has 10 heteroatoms. The molecular weight excluding hydrogens is 328 g/mol. The van der Waals surface area contributed by atoms with Crippen molar-refractivity contribution in [3.8, 4) is 0 Å². The van der Waals surface area contributed by atoms with Crippen LogP contribution in [0, 0.1) is 0 Å². The van der Waals surface area contributed by atoms with E-state index in [4.69, 9.17) is 0 Å². The minimum Gasteiger partial charge on any atom is -0.335 e. The second kappa shape index (κ2) is 5.99. The Kier molecular flexibility index (Phi) is 4.56. The molecule has 4 nitrogen and oxygen atoms in total. The molecule has 0 bridgehead atoms. The topological polar surface area (TPSA) is 36.4 Å². The minimum absolute atomic E-state index is 0.0965. The van der Waals surface area contributed by atoms with Gasteiger partial charge in [0.25, 0.3) is 5.91 Å². The zero-order chi connectivity index (χ0) is 17.4. The van der Waals surface area contributed by atoms with Gasteiger partial charge in [0.1, 0.15) is 11.4 Å². The molecule has 23 heavy (non-hydrogen) atoms. The molecule has 0 radical (unpaired) electrons. The monoisotopic (exact) mass is 341 g/mol. The van der Waals surface area contributed by atoms with E-state index in [1.54, 1.807) is 7.05 Å². The van der Waals surface area contributed by atoms with Gasteiger partial charge in [-0.2, -0.15) is 26.3 Å². The van der Waals surface area contributed by atoms with Crippen LogP contribution >= 0.6 is 0 Å². The molecule has 0 atom stereocenters. The van der Waals surface area contributed by atoms with Gasteiger partial charge in [-0.15, -0.1) is 0 Å². The van der Waals surface area contributed by atoms with Crippen LogP contribution < -0.4 is 0 Å². The number of hydrogen-bond acceptors (Lipinski definition) is 3. The van der Waals surface area contributed by atoms with Crippen LogP contribution in [0.25, 0.3) is 0 Å². The van der Waals surface area contributed by atoms with Gasteiger partial charge in [0.2, 0.25) is 0 Å². The van der Waals surface area contributed by atoms with Gasteiger partial charge in [-0.25, -0.2) is 4.98 Å². The number of amides is 1. The van der Waals surface area contributed by atoms with Crippen molar-refractivity contribution in [1.29, 1.82) is 0 Å². The first kappa shape index (κ1) is 17.5. The van der Waals surface area contributed by atoms with Gasteiger partial charge in [-0.1, -0.05) is 0 Å². The van der Waals surface area contributed by atoms with Crippen molar-refractivity contribution in [3.63, 3.8) is 0 Å². The number of piperazine rings is 1. The van der Waals surface area contributed by atoms with E-state index >= 15 is 0 Å². The molecule has 0 aromatic carbocycles. The molecule has 0 N–H and O–H groups in total. The first-order chi connectivity index (χ1) is 10.5. The Labute approximate surface area is 127 Å². The summed E-state index contributed by atoms with van der Waals surface area (Å²) in [6.07, 6.45) is -10.1. The summed E-state index contributed by atoms with van der Waals surface area (Å²) in [5.74, 6) is -0.935. The molecule has 1 saturated heterocycles. The standard InChI is InChI=1S/C13H13F6N3O/c1-21-2-4-22(5-3-21)11(23)9-6-8(12(14,15)16)7-10(20-9)13(17,18)19/h6-7H,2-5H2,1H3. The van der Waals surface area contributed by atoms with Crippen LogP contribution in [-0.2, 0) is 12.4 Å². The molecule has 1 amide bonds. The lowest BCUT2D eigenvalue weighted by molar-refractivity contribution is -0.145. The molecule has 1 aromatic rings. The van der Waals surface area contributed by atoms with E-state index < -0.39 is 35.2 Å². The summed E-state index contributed by atoms with van der Waals surface area (Å²) in [4.78, 5) is 18.3. The largest absolute Gasteiger partial charge is 0.433 e. The molecule has 0 spiro atoms. The minimum atomic E-state index is -5.07. The summed E-state index contributed by atoms with van der Waals surface area (Å²) >= 11 is 0. The lowest BCUT2D eigenvalue weighted by Gasteiger charge is -2.32. The highest BCUT2D eigenvalue weighted by Crippen LogP contribution is 2.35. The molecular formula is C13H13F6N3O. The Bertz CT molecular complexity index is 558. The number of carbonyl (C=O) groups is 1. The number of rotatable bonds is 1. The highest BCUT2D eigenvalue weighted by Gasteiger charge is 2.39. The van der Waals surface area contributed by atoms with E-state index in [-0.39, 0.29) is 19.2 Å². The first-order valence-electron chi connectivity index (χ1n) is 6.63. The Morgan fingerprint density at radius 1 is 1.00 bits per heavy atom. The van der Waals surface area contributed by atoms with Gasteiger partial charge in [0.15, 0.2) is 0 Å². The fraction of sp³-hybridized carbons (Fsp3) is 0.538. The van der Waals surface area contributed by atoms with Crippen LogP contribution in [0.3, 0.4) is 0 Å². The number of nitrogens with zero attached hydrogens (tertiary/aromatic N) is 3. The number of pyridine rings is 1. The fourth-order valence-corrected chi connectivity index (χ4v) is 2.12. The van der Waals surface area contributed by atoms with E-state index in [0.29, 0.717) is 19.2 Å². The molecule has 2 rings (SSSR count). The molecule has 0 saturated carbocycles. The molecule has 1 aliphatic heterocycles. The number of alkyl halides is 6. The SMILES string of the molecule is CN1CCN(C(=O)c2cc(C(F)(F)F)cc(C(F)(F)F)n2)CC1. The zero-order valence-electron chi connectivity index (χ0n) is 12.0. The fourth-order valence-electron chi connectivity index (χ4n) is 2.12. The summed E-state index contributed by atoms with van der Waals surface area (Å²) in [5.41, 5.74) is -4.13. The van der Waals surface area contributed by atoms with Gasteiger partial charge in [0, 0.05) is 26.2 Å². The molecule has 0 aliphatic carbocycles. The van der Waals surface area contributed by atoms with E-state index in [1.807, 2.05) is 4.90 Å². The van der Waals surface area contributed by atoms with Crippen LogP contribution in [0.4, 0.5) is 26.3 Å². The Morgan fingerprint density at radius 2 is 1.57 bits per heavy atom. The van der Waals surface area contributed by atoms with E-state index in [9.17, 15) is 31.1 Å². The predicted molar refractivity (Wildman–Crippen MR) is 67.6 cm³/mol. The summed E-state index contributed by atoms with van der Waals surface area (Å²) in [5, 5.41) is 0. The summed E-state index contributed by atoms with van der Waals surface area (Å²) < 4.78 is 76.5. The third-order valence-electron chi connectivity index (χ3n) is 3.45. The zero-order valence-corrected chi connectivity index (χ0v) is 12.0. The lowest BCUT2D eigenvalue weighted by Crippen LogP contribution is -2.47. The van der Waals surface area contributed by atoms with Crippen LogP contribution in [-0.4, -0.2) is 53.9 Å². The van der Waals surface area contributed by atoms with Gasteiger partial charge in [0.05, 0.1) is 5.56 Å². The highest BCUT2D eigenvalue weighted by atomic mass is 19.4. The molecule has 1 fully saturated rings. The summed E-state index contributed by atoms with van der Waals surface area (Å²) in [6, 6.07) is 0.261. The van der Waals surface area contributed by atoms with Crippen molar-refractivity contribution in [2.75, 3.05) is 33.2 Å². The van der Waals surface area contributed by atoms with E-state index in [1.165, 1.54) is 4.90 Å². The molecule has 1 aromatic heterocycles. The predicted octanol–water partition coefficient (Wildman–Crippen LogP) is 2.51. The van der Waals surface area contributed by atoms with Crippen molar-refractivity contribution in [2.24, 2.45) is 0 Å². The number of carbonyl (C=O) groups excluding carboxylic acids is 1. The third kappa shape index (κ3) is 4.12. The second-order valence-electron chi connectivity index (χ2n) is 5.22. The summed E-state index contributed by atoms with van der Waals surface area (Å²) in [7, 11) is 1.80. The average molecular weight is 341 g/mol. The molecule has 2 heterocycles. The second-order valence-corrected chi connectivity index (χ2v) is 5.22. The third-order valence-corrected chi connectivity index (χ3v) is 3.45. The van der Waals surface area contributed by atoms with Crippen LogP contribution in [0.1, 0.15) is 21.7 Å². The summed E-state index contributed by atoms with van der Waals surface area (Å²) in [6.45, 7) is 1.40. The Balaban J connectivity index is 2.39. The number of likely N-dealkylation sites (N-methyl/N-ethyl adjacent to an activating group) is 1. The van der Waals surface area contributed by atoms with Crippen LogP contribution in [0.15, 0.2) is 12.1 Å². The van der Waals surface area contributed by atoms with Crippen LogP contribution in [0.2, 0.25) is 0 Å². The van der Waals surface area contributed by atoms with Crippen molar-refractivity contribution in [2.45, 2.75) is 12.4 Å². The van der Waals surface area contributed by atoms with Crippen molar-refractivity contribution < 1.29 is 31.1 Å². The lowest BCUT2D eigenvalue weighted by atomic mass is 10.1. The normalized spacial score (nSPS) is 17.4. The number of hydrogen-bond donors (Lipinski definition) is 0. The number of halogens is 6. The molecule has 1 aliphatic rings. The first-order valence-corrected chi connectivity index (χ1v) is 6.63. The van der Waals surface area contributed by atoms with Crippen molar-refractivity contribution >= 4 is 5.91 Å². The van der Waals surface area contributed by atoms with E-state index in [2.05, 4.69) is 4.98 Å². The maximum atomic E-state index is 12.8. The van der Waals surface area contributed by atoms with Crippen molar-refractivity contribution in [3.05, 3.63) is 29.1 Å². The van der Waals surface area contributed by atoms with Crippen molar-refractivity contribution in [1.82, 2.24) is 14.8 Å². The molecule has 0 unspecified atom stereocenters. The molecule has 128 valence electrons.